The number of imide groups is 2. The third-order valence-corrected chi connectivity index (χ3v) is 10.8. The minimum Gasteiger partial charge on any atom is -0.508 e. The average Bonchev–Trinajstić information content (AvgIpc) is 3.31. The van der Waals surface area contributed by atoms with E-state index in [2.05, 4.69) is 0 Å². The van der Waals surface area contributed by atoms with Crippen LogP contribution in [0.1, 0.15) is 35.4 Å². The number of benzene rings is 2. The van der Waals surface area contributed by atoms with Gasteiger partial charge in [0, 0.05) is 18.5 Å². The molecule has 0 unspecified atom stereocenters. The van der Waals surface area contributed by atoms with Gasteiger partial charge in [0.2, 0.25) is 11.8 Å². The molecule has 2 saturated heterocycles. The van der Waals surface area contributed by atoms with E-state index in [0.29, 0.717) is 9.80 Å². The first-order valence-corrected chi connectivity index (χ1v) is 14.5. The molecule has 2 heterocycles. The number of phenolic OH excluding ortho intramolecular Hbond substituents is 1. The highest BCUT2D eigenvalue weighted by molar-refractivity contribution is 6.53. The summed E-state index contributed by atoms with van der Waals surface area (Å²) < 4.78 is 87.3. The number of carbonyl (C=O) groups is 4. The maximum absolute atomic E-state index is 14.1. The number of fused-ring (bicyclic) bond motifs is 4. The van der Waals surface area contributed by atoms with Crippen LogP contribution in [0.5, 0.6) is 11.5 Å². The van der Waals surface area contributed by atoms with Gasteiger partial charge in [-0.2, -0.15) is 26.3 Å². The summed E-state index contributed by atoms with van der Waals surface area (Å²) in [6.45, 7) is 0. The number of aromatic hydroxyl groups is 1. The summed E-state index contributed by atoms with van der Waals surface area (Å²) in [5.74, 6) is -9.61. The lowest BCUT2D eigenvalue weighted by atomic mass is 9.56. The number of hydrogen-bond acceptors (Lipinski definition) is 6. The predicted molar refractivity (Wildman–Crippen MR) is 149 cm³/mol. The van der Waals surface area contributed by atoms with Gasteiger partial charge in [-0.05, 0) is 49.1 Å². The predicted octanol–water partition coefficient (Wildman–Crippen LogP) is 5.63. The molecule has 6 atom stereocenters. The highest BCUT2D eigenvalue weighted by Crippen LogP contribution is 2.67. The Morgan fingerprint density at radius 2 is 1.52 bits per heavy atom. The van der Waals surface area contributed by atoms with Crippen molar-refractivity contribution in [3.8, 4) is 11.5 Å². The first-order chi connectivity index (χ1) is 21.3. The molecule has 8 nitrogen and oxygen atoms in total. The Labute approximate surface area is 266 Å². The second kappa shape index (κ2) is 10.1. The van der Waals surface area contributed by atoms with E-state index in [4.69, 9.17) is 27.9 Å². The molecule has 2 aliphatic carbocycles. The molecule has 244 valence electrons. The van der Waals surface area contributed by atoms with E-state index < -0.39 is 98.4 Å². The van der Waals surface area contributed by atoms with Crippen LogP contribution in [0, 0.1) is 17.8 Å². The molecule has 2 aromatic carbocycles. The van der Waals surface area contributed by atoms with Crippen LogP contribution in [0.4, 0.5) is 32.0 Å². The second-order valence-electron chi connectivity index (χ2n) is 11.7. The zero-order valence-electron chi connectivity index (χ0n) is 23.7. The first kappa shape index (κ1) is 32.2. The Kier molecular flexibility index (Phi) is 7.07. The van der Waals surface area contributed by atoms with E-state index in [0.717, 1.165) is 7.05 Å². The van der Waals surface area contributed by atoms with Crippen molar-refractivity contribution in [3.63, 3.8) is 0 Å². The van der Waals surface area contributed by atoms with Crippen LogP contribution in [-0.4, -0.2) is 57.5 Å². The van der Waals surface area contributed by atoms with Crippen LogP contribution in [0.15, 0.2) is 48.0 Å². The van der Waals surface area contributed by atoms with E-state index in [9.17, 15) is 50.6 Å². The van der Waals surface area contributed by atoms with Crippen LogP contribution in [0.25, 0.3) is 0 Å². The van der Waals surface area contributed by atoms with Crippen molar-refractivity contribution in [3.05, 3.63) is 64.7 Å². The smallest absolute Gasteiger partial charge is 0.416 e. The first-order valence-electron chi connectivity index (χ1n) is 13.7. The van der Waals surface area contributed by atoms with Crippen LogP contribution < -0.4 is 9.64 Å². The number of hydrogen-bond donors (Lipinski definition) is 1. The maximum Gasteiger partial charge on any atom is 0.416 e. The summed E-state index contributed by atoms with van der Waals surface area (Å²) in [5, 5.41) is 11.0. The SMILES string of the molecule is COc1cccc(O)c1[C@H]1C2=CC[C@@H]3C(=O)N(c4cc(C(F)(F)F)cc(C(F)(F)F)c4)C(=O)[C@@H]3[C@@H]2C[C@@]2(Cl)C(=O)N(C)C(=O)[C@@]12Cl. The fourth-order valence-corrected chi connectivity index (χ4v) is 8.39. The fraction of sp³-hybridized carbons (Fsp3) is 0.400. The summed E-state index contributed by atoms with van der Waals surface area (Å²) in [7, 11) is 2.42. The lowest BCUT2D eigenvalue weighted by molar-refractivity contribution is -0.143. The number of alkyl halides is 8. The highest BCUT2D eigenvalue weighted by atomic mass is 35.5. The van der Waals surface area contributed by atoms with Crippen LogP contribution >= 0.6 is 23.2 Å². The Bertz CT molecular complexity index is 1730. The molecule has 3 fully saturated rings. The number of carbonyl (C=O) groups excluding carboxylic acids is 4. The van der Waals surface area contributed by atoms with E-state index in [1.54, 1.807) is 0 Å². The molecule has 0 radical (unpaired) electrons. The molecule has 6 rings (SSSR count). The average molecular weight is 691 g/mol. The van der Waals surface area contributed by atoms with Gasteiger partial charge in [-0.25, -0.2) is 4.90 Å². The summed E-state index contributed by atoms with van der Waals surface area (Å²) in [6.07, 6.45) is -9.72. The van der Waals surface area contributed by atoms with Gasteiger partial charge in [-0.15, -0.1) is 23.2 Å². The summed E-state index contributed by atoms with van der Waals surface area (Å²) in [4.78, 5) is 51.4. The normalized spacial score (nSPS) is 31.1. The van der Waals surface area contributed by atoms with Crippen molar-refractivity contribution in [2.45, 2.75) is 40.9 Å². The number of ether oxygens (including phenoxy) is 1. The summed E-state index contributed by atoms with van der Waals surface area (Å²) >= 11 is 14.1. The standard InChI is InChI=1S/C30H22Cl2F6N2O6/c1-39-25(44)27(31)11-17-15(22(28(27,32)26(39)45)21-18(41)4-3-5-19(21)46-2)6-7-16-20(17)24(43)40(23(16)42)14-9-12(29(33,34)35)8-13(10-14)30(36,37)38/h3-6,8-10,16-17,20,22,41H,7,11H2,1-2H3/t16-,17+,20-,22+,27+,28-/m0/s1. The lowest BCUT2D eigenvalue weighted by Gasteiger charge is -2.51. The van der Waals surface area contributed by atoms with Crippen molar-refractivity contribution < 1.29 is 55.4 Å². The van der Waals surface area contributed by atoms with Gasteiger partial charge in [-0.3, -0.25) is 24.1 Å². The number of amides is 4. The zero-order valence-corrected chi connectivity index (χ0v) is 25.2. The minimum absolute atomic E-state index is 0.0432. The molecule has 4 amide bonds. The van der Waals surface area contributed by atoms with Crippen molar-refractivity contribution in [1.82, 2.24) is 4.90 Å². The fourth-order valence-electron chi connectivity index (χ4n) is 7.38. The van der Waals surface area contributed by atoms with E-state index in [-0.39, 0.29) is 41.5 Å². The van der Waals surface area contributed by atoms with Gasteiger partial charge < -0.3 is 9.84 Å². The van der Waals surface area contributed by atoms with E-state index >= 15 is 0 Å². The zero-order chi connectivity index (χ0) is 33.9. The van der Waals surface area contributed by atoms with Crippen LogP contribution in [0.2, 0.25) is 0 Å². The van der Waals surface area contributed by atoms with E-state index in [1.807, 2.05) is 0 Å². The van der Waals surface area contributed by atoms with Gasteiger partial charge >= 0.3 is 12.4 Å². The molecule has 2 aliphatic heterocycles. The molecular formula is C30H22Cl2F6N2O6. The van der Waals surface area contributed by atoms with Gasteiger partial charge in [-0.1, -0.05) is 17.7 Å². The van der Waals surface area contributed by atoms with Crippen molar-refractivity contribution in [1.29, 1.82) is 0 Å². The molecule has 0 spiro atoms. The second-order valence-corrected chi connectivity index (χ2v) is 12.9. The number of nitrogens with zero attached hydrogens (tertiary/aromatic N) is 2. The van der Waals surface area contributed by atoms with Crippen LogP contribution in [0.3, 0.4) is 0 Å². The minimum atomic E-state index is -5.24. The molecule has 2 aromatic rings. The Balaban J connectivity index is 1.53. The number of halogens is 8. The third kappa shape index (κ3) is 4.21. The molecule has 0 bridgehead atoms. The molecule has 46 heavy (non-hydrogen) atoms. The van der Waals surface area contributed by atoms with Crippen molar-refractivity contribution in [2.75, 3.05) is 19.1 Å². The van der Waals surface area contributed by atoms with Crippen molar-refractivity contribution in [2.24, 2.45) is 17.8 Å². The number of phenols is 1. The van der Waals surface area contributed by atoms with Crippen molar-refractivity contribution >= 4 is 52.5 Å². The quantitative estimate of drug-likeness (QED) is 0.194. The lowest BCUT2D eigenvalue weighted by Crippen LogP contribution is -2.60. The number of rotatable bonds is 3. The number of allylic oxidation sites excluding steroid dienone is 2. The molecule has 0 aromatic heterocycles. The Morgan fingerprint density at radius 3 is 2.09 bits per heavy atom. The molecule has 1 N–H and O–H groups in total. The maximum atomic E-state index is 14.1. The van der Waals surface area contributed by atoms with Gasteiger partial charge in [0.05, 0.1) is 35.8 Å². The van der Waals surface area contributed by atoms with E-state index in [1.165, 1.54) is 31.4 Å². The monoisotopic (exact) mass is 690 g/mol. The summed E-state index contributed by atoms with van der Waals surface area (Å²) in [5.41, 5.74) is -4.19. The molecule has 16 heteroatoms. The number of anilines is 1. The summed E-state index contributed by atoms with van der Waals surface area (Å²) in [6, 6.07) is 4.61. The van der Waals surface area contributed by atoms with Gasteiger partial charge in [0.1, 0.15) is 11.5 Å². The Hall–Kier alpha value is -3.78. The highest BCUT2D eigenvalue weighted by Gasteiger charge is 2.76. The molecule has 4 aliphatic rings. The number of likely N-dealkylation sites (tertiary alicyclic amines) is 1. The largest absolute Gasteiger partial charge is 0.508 e. The molecule has 1 saturated carbocycles. The van der Waals surface area contributed by atoms with Gasteiger partial charge in [0.15, 0.2) is 9.75 Å². The Morgan fingerprint density at radius 1 is 0.913 bits per heavy atom. The van der Waals surface area contributed by atoms with Gasteiger partial charge in [0.25, 0.3) is 11.8 Å². The number of methoxy groups -OCH3 is 1. The van der Waals surface area contributed by atoms with Crippen LogP contribution in [-0.2, 0) is 31.5 Å². The molecular weight excluding hydrogens is 669 g/mol. The third-order valence-electron chi connectivity index (χ3n) is 9.40. The topological polar surface area (TPSA) is 104 Å².